The van der Waals surface area contributed by atoms with Crippen LogP contribution in [0.4, 0.5) is 0 Å². The lowest BCUT2D eigenvalue weighted by Gasteiger charge is -2.16. The van der Waals surface area contributed by atoms with Crippen LogP contribution in [0.15, 0.2) is 65.9 Å². The molecule has 0 unspecified atom stereocenters. The van der Waals surface area contributed by atoms with E-state index in [-0.39, 0.29) is 12.4 Å². The number of methoxy groups -OCH3 is 1. The summed E-state index contributed by atoms with van der Waals surface area (Å²) in [5.74, 6) is -0.829. The molecule has 2 aromatic rings. The van der Waals surface area contributed by atoms with Crippen LogP contribution in [0.1, 0.15) is 24.0 Å². The molecule has 0 amide bonds. The summed E-state index contributed by atoms with van der Waals surface area (Å²) in [6, 6.07) is 16.4. The summed E-state index contributed by atoms with van der Waals surface area (Å²) in [5.41, 5.74) is 2.13. The quantitative estimate of drug-likeness (QED) is 0.413. The van der Waals surface area contributed by atoms with Gasteiger partial charge in [-0.3, -0.25) is 10.1 Å². The van der Waals surface area contributed by atoms with E-state index in [0.717, 1.165) is 5.56 Å². The molecule has 7 heteroatoms. The molecule has 0 saturated carbocycles. The highest BCUT2D eigenvalue weighted by Crippen LogP contribution is 2.41. The number of hydrogen-bond acceptors (Lipinski definition) is 6. The van der Waals surface area contributed by atoms with E-state index in [4.69, 9.17) is 14.2 Å². The largest absolute Gasteiger partial charge is 0.497 e. The number of ether oxygens (including phenoxy) is 3. The van der Waals surface area contributed by atoms with E-state index in [1.54, 1.807) is 38.3 Å². The highest BCUT2D eigenvalue weighted by atomic mass is 16.7. The first-order valence-corrected chi connectivity index (χ1v) is 8.93. The molecule has 1 aliphatic rings. The van der Waals surface area contributed by atoms with E-state index in [1.807, 2.05) is 30.3 Å². The van der Waals surface area contributed by atoms with Crippen molar-refractivity contribution in [1.82, 2.24) is 0 Å². The number of carbonyl (C=O) groups is 1. The molecule has 0 saturated heterocycles. The van der Waals surface area contributed by atoms with Gasteiger partial charge in [-0.25, -0.2) is 4.79 Å². The van der Waals surface area contributed by atoms with Crippen LogP contribution in [0.5, 0.6) is 5.75 Å². The van der Waals surface area contributed by atoms with Gasteiger partial charge in [0.2, 0.25) is 5.76 Å². The van der Waals surface area contributed by atoms with Crippen LogP contribution in [0.25, 0.3) is 0 Å². The highest BCUT2D eigenvalue weighted by molar-refractivity contribution is 5.88. The zero-order valence-electron chi connectivity index (χ0n) is 15.7. The molecule has 2 aromatic carbocycles. The zero-order valence-corrected chi connectivity index (χ0v) is 15.7. The van der Waals surface area contributed by atoms with E-state index in [0.29, 0.717) is 23.3 Å². The smallest absolute Gasteiger partial charge is 0.373 e. The molecule has 0 spiro atoms. The Morgan fingerprint density at radius 1 is 1.14 bits per heavy atom. The fraction of sp³-hybridized carbons (Fsp3) is 0.286. The number of carbonyl (C=O) groups excluding carboxylic acids is 1. The molecular weight excluding hydrogens is 362 g/mol. The van der Waals surface area contributed by atoms with Crippen molar-refractivity contribution in [2.45, 2.75) is 25.5 Å². The van der Waals surface area contributed by atoms with Gasteiger partial charge in [-0.05, 0) is 36.6 Å². The Bertz CT molecular complexity index is 876. The van der Waals surface area contributed by atoms with Gasteiger partial charge in [0.1, 0.15) is 11.7 Å². The minimum atomic E-state index is -1.40. The summed E-state index contributed by atoms with van der Waals surface area (Å²) in [4.78, 5) is 23.6. The van der Waals surface area contributed by atoms with Crippen LogP contribution >= 0.6 is 0 Å². The lowest BCUT2D eigenvalue weighted by atomic mass is 9.86. The second kappa shape index (κ2) is 8.56. The highest BCUT2D eigenvalue weighted by Gasteiger charge is 2.48. The van der Waals surface area contributed by atoms with Crippen molar-refractivity contribution in [3.8, 4) is 5.75 Å². The first-order chi connectivity index (χ1) is 13.5. The Labute approximate surface area is 162 Å². The molecule has 7 nitrogen and oxygen atoms in total. The molecule has 1 heterocycles. The van der Waals surface area contributed by atoms with Gasteiger partial charge in [-0.2, -0.15) is 0 Å². The summed E-state index contributed by atoms with van der Waals surface area (Å²) in [6.07, 6.45) is -1.05. The van der Waals surface area contributed by atoms with Gasteiger partial charge in [-0.1, -0.05) is 42.5 Å². The third-order valence-electron chi connectivity index (χ3n) is 4.57. The van der Waals surface area contributed by atoms with E-state index in [9.17, 15) is 14.9 Å². The van der Waals surface area contributed by atoms with Gasteiger partial charge >= 0.3 is 12.2 Å². The number of esters is 1. The van der Waals surface area contributed by atoms with E-state index in [2.05, 4.69) is 0 Å². The van der Waals surface area contributed by atoms with Gasteiger partial charge in [0.25, 0.3) is 0 Å². The molecular formula is C21H21NO6. The molecule has 0 bridgehead atoms. The van der Waals surface area contributed by atoms with E-state index < -0.39 is 23.0 Å². The fourth-order valence-corrected chi connectivity index (χ4v) is 3.30. The molecule has 1 aliphatic heterocycles. The lowest BCUT2D eigenvalue weighted by Crippen LogP contribution is -2.27. The van der Waals surface area contributed by atoms with Crippen LogP contribution in [-0.2, 0) is 20.7 Å². The Balaban J connectivity index is 2.08. The standard InChI is InChI=1S/C21H21NO6/c1-3-27-21(23)19-17(13-14-7-5-4-6-8-14)18(20(28-19)22(24)25)15-9-11-16(26-2)12-10-15/h4-12,18,20H,3,13H2,1-2H3/t18-,20-/m0/s1. The van der Waals surface area contributed by atoms with E-state index >= 15 is 0 Å². The summed E-state index contributed by atoms with van der Waals surface area (Å²) < 4.78 is 15.8. The van der Waals surface area contributed by atoms with Crippen molar-refractivity contribution in [2.24, 2.45) is 0 Å². The number of rotatable bonds is 7. The van der Waals surface area contributed by atoms with Crippen LogP contribution in [0.2, 0.25) is 0 Å². The van der Waals surface area contributed by atoms with Crippen molar-refractivity contribution in [3.05, 3.63) is 87.2 Å². The van der Waals surface area contributed by atoms with Gasteiger partial charge in [0.05, 0.1) is 18.6 Å². The SMILES string of the molecule is CCOC(=O)C1=C(Cc2ccccc2)[C@H](c2ccc(OC)cc2)[C@@H]([N+](=O)[O-])O1. The predicted molar refractivity (Wildman–Crippen MR) is 101 cm³/mol. The minimum Gasteiger partial charge on any atom is -0.497 e. The number of nitrogens with zero attached hydrogens (tertiary/aromatic N) is 1. The van der Waals surface area contributed by atoms with Crippen molar-refractivity contribution in [2.75, 3.05) is 13.7 Å². The Hall–Kier alpha value is -3.35. The molecule has 0 fully saturated rings. The number of hydrogen-bond donors (Lipinski definition) is 0. The van der Waals surface area contributed by atoms with Gasteiger partial charge < -0.3 is 14.2 Å². The van der Waals surface area contributed by atoms with Crippen LogP contribution < -0.4 is 4.74 Å². The molecule has 0 N–H and O–H groups in total. The fourth-order valence-electron chi connectivity index (χ4n) is 3.30. The normalized spacial score (nSPS) is 18.5. The molecule has 0 radical (unpaired) electrons. The van der Waals surface area contributed by atoms with Gasteiger partial charge in [0, 0.05) is 5.57 Å². The molecule has 0 aliphatic carbocycles. The maximum Gasteiger partial charge on any atom is 0.373 e. The minimum absolute atomic E-state index is 0.0757. The van der Waals surface area contributed by atoms with E-state index in [1.165, 1.54) is 0 Å². The number of nitro groups is 1. The summed E-state index contributed by atoms with van der Waals surface area (Å²) in [7, 11) is 1.55. The second-order valence-corrected chi connectivity index (χ2v) is 6.28. The molecule has 2 atom stereocenters. The van der Waals surface area contributed by atoms with Crippen molar-refractivity contribution in [3.63, 3.8) is 0 Å². The summed E-state index contributed by atoms with van der Waals surface area (Å²) >= 11 is 0. The topological polar surface area (TPSA) is 87.9 Å². The molecule has 3 rings (SSSR count). The maximum atomic E-state index is 12.4. The monoisotopic (exact) mass is 383 g/mol. The van der Waals surface area contributed by atoms with Crippen LogP contribution in [0, 0.1) is 10.1 Å². The van der Waals surface area contributed by atoms with Crippen molar-refractivity contribution >= 4 is 5.97 Å². The Kier molecular flexibility index (Phi) is 5.93. The van der Waals surface area contributed by atoms with Gasteiger partial charge in [0.15, 0.2) is 0 Å². The average Bonchev–Trinajstić information content (AvgIpc) is 3.08. The van der Waals surface area contributed by atoms with Gasteiger partial charge in [-0.15, -0.1) is 0 Å². The van der Waals surface area contributed by atoms with Crippen molar-refractivity contribution < 1.29 is 23.9 Å². The molecule has 0 aromatic heterocycles. The third-order valence-corrected chi connectivity index (χ3v) is 4.57. The predicted octanol–water partition coefficient (Wildman–Crippen LogP) is 3.47. The van der Waals surface area contributed by atoms with Crippen molar-refractivity contribution in [1.29, 1.82) is 0 Å². The third kappa shape index (κ3) is 3.98. The summed E-state index contributed by atoms with van der Waals surface area (Å²) in [6.45, 7) is 1.83. The summed E-state index contributed by atoms with van der Waals surface area (Å²) in [5, 5.41) is 11.7. The van der Waals surface area contributed by atoms with Crippen LogP contribution in [-0.4, -0.2) is 30.8 Å². The second-order valence-electron chi connectivity index (χ2n) is 6.28. The van der Waals surface area contributed by atoms with Crippen LogP contribution in [0.3, 0.4) is 0 Å². The molecule has 28 heavy (non-hydrogen) atoms. The first-order valence-electron chi connectivity index (χ1n) is 8.93. The Morgan fingerprint density at radius 2 is 1.82 bits per heavy atom. The maximum absolute atomic E-state index is 12.4. The average molecular weight is 383 g/mol. The number of benzene rings is 2. The lowest BCUT2D eigenvalue weighted by molar-refractivity contribution is -0.570. The first kappa shape index (κ1) is 19.4. The molecule has 146 valence electrons. The Morgan fingerprint density at radius 3 is 2.39 bits per heavy atom. The zero-order chi connectivity index (χ0) is 20.1.